The zero-order valence-electron chi connectivity index (χ0n) is 16.9. The van der Waals surface area contributed by atoms with E-state index in [9.17, 15) is 0 Å². The number of imidazole rings is 1. The Bertz CT molecular complexity index is 1130. The normalized spacial score (nSPS) is 11.7. The Labute approximate surface area is 164 Å². The van der Waals surface area contributed by atoms with Gasteiger partial charge in [0.15, 0.2) is 0 Å². The quantitative estimate of drug-likeness (QED) is 0.503. The van der Waals surface area contributed by atoms with Gasteiger partial charge in [-0.2, -0.15) is 0 Å². The van der Waals surface area contributed by atoms with Crippen LogP contribution in [0.1, 0.15) is 45.5 Å². The minimum absolute atomic E-state index is 0.332. The summed E-state index contributed by atoms with van der Waals surface area (Å²) in [6.07, 6.45) is 1.60. The maximum atomic E-state index is 5.23. The van der Waals surface area contributed by atoms with Gasteiger partial charge in [-0.15, -0.1) is 0 Å². The third-order valence-electron chi connectivity index (χ3n) is 4.86. The molecule has 2 heterocycles. The largest absolute Gasteiger partial charge is 0.497 e. The Morgan fingerprint density at radius 2 is 1.71 bits per heavy atom. The zero-order valence-corrected chi connectivity index (χ0v) is 16.9. The molecule has 0 radical (unpaired) electrons. The van der Waals surface area contributed by atoms with E-state index >= 15 is 0 Å². The van der Waals surface area contributed by atoms with Gasteiger partial charge in [0.05, 0.1) is 23.7 Å². The first kappa shape index (κ1) is 18.2. The second-order valence-corrected chi connectivity index (χ2v) is 7.52. The van der Waals surface area contributed by atoms with Crippen molar-refractivity contribution in [2.45, 2.75) is 39.7 Å². The van der Waals surface area contributed by atoms with Crippen molar-refractivity contribution >= 4 is 33.4 Å². The first-order valence-electron chi connectivity index (χ1n) is 9.55. The Morgan fingerprint density at radius 1 is 0.964 bits per heavy atom. The van der Waals surface area contributed by atoms with Crippen molar-refractivity contribution in [1.29, 1.82) is 0 Å². The van der Waals surface area contributed by atoms with Crippen LogP contribution in [0.25, 0.3) is 21.9 Å². The van der Waals surface area contributed by atoms with E-state index in [1.54, 1.807) is 13.4 Å². The number of hydrogen-bond donors (Lipinski definition) is 1. The molecule has 6 heteroatoms. The highest BCUT2D eigenvalue weighted by Crippen LogP contribution is 2.31. The molecule has 28 heavy (non-hydrogen) atoms. The molecule has 1 N–H and O–H groups in total. The lowest BCUT2D eigenvalue weighted by Gasteiger charge is -2.15. The van der Waals surface area contributed by atoms with Crippen molar-refractivity contribution in [3.8, 4) is 5.75 Å². The van der Waals surface area contributed by atoms with Gasteiger partial charge in [0.2, 0.25) is 0 Å². The van der Waals surface area contributed by atoms with E-state index in [2.05, 4.69) is 59.7 Å². The topological polar surface area (TPSA) is 64.9 Å². The molecule has 0 amide bonds. The van der Waals surface area contributed by atoms with Crippen LogP contribution < -0.4 is 10.1 Å². The molecular weight excluding hydrogens is 350 g/mol. The van der Waals surface area contributed by atoms with Crippen LogP contribution in [0, 0.1) is 0 Å². The minimum atomic E-state index is 0.332. The summed E-state index contributed by atoms with van der Waals surface area (Å²) in [6.45, 7) is 8.73. The van der Waals surface area contributed by atoms with Crippen LogP contribution >= 0.6 is 0 Å². The molecule has 4 aromatic rings. The molecule has 0 aliphatic rings. The molecule has 0 aliphatic carbocycles. The van der Waals surface area contributed by atoms with Crippen LogP contribution in [0.15, 0.2) is 42.7 Å². The van der Waals surface area contributed by atoms with Gasteiger partial charge in [0.1, 0.15) is 23.7 Å². The van der Waals surface area contributed by atoms with Crippen molar-refractivity contribution in [3.05, 3.63) is 48.5 Å². The summed E-state index contributed by atoms with van der Waals surface area (Å²) < 4.78 is 7.53. The third-order valence-corrected chi connectivity index (χ3v) is 4.86. The lowest BCUT2D eigenvalue weighted by Crippen LogP contribution is -2.07. The van der Waals surface area contributed by atoms with Crippen LogP contribution in [-0.2, 0) is 0 Å². The molecule has 0 fully saturated rings. The maximum Gasteiger partial charge on any atom is 0.141 e. The van der Waals surface area contributed by atoms with Gasteiger partial charge in [0.25, 0.3) is 0 Å². The molecule has 0 spiro atoms. The van der Waals surface area contributed by atoms with Crippen molar-refractivity contribution in [3.63, 3.8) is 0 Å². The highest BCUT2D eigenvalue weighted by Gasteiger charge is 2.17. The standard InChI is InChI=1S/C22H25N5O/c1-13(2)22-26-19-10-17-18(11-20(19)27(22)14(3)4)23-12-24-21(17)25-15-6-8-16(28-5)9-7-15/h6-14H,1-5H3,(H,23,24,25). The molecule has 0 saturated heterocycles. The van der Waals surface area contributed by atoms with Crippen molar-refractivity contribution in [1.82, 2.24) is 19.5 Å². The lowest BCUT2D eigenvalue weighted by atomic mass is 10.2. The lowest BCUT2D eigenvalue weighted by molar-refractivity contribution is 0.415. The summed E-state index contributed by atoms with van der Waals surface area (Å²) in [5.41, 5.74) is 3.92. The summed E-state index contributed by atoms with van der Waals surface area (Å²) >= 11 is 0. The van der Waals surface area contributed by atoms with Gasteiger partial charge in [-0.1, -0.05) is 13.8 Å². The van der Waals surface area contributed by atoms with E-state index < -0.39 is 0 Å². The molecule has 4 rings (SSSR count). The second-order valence-electron chi connectivity index (χ2n) is 7.52. The minimum Gasteiger partial charge on any atom is -0.497 e. The molecule has 0 bridgehead atoms. The zero-order chi connectivity index (χ0) is 19.8. The second kappa shape index (κ2) is 7.11. The summed E-state index contributed by atoms with van der Waals surface area (Å²) in [7, 11) is 1.66. The average Bonchev–Trinajstić information content (AvgIpc) is 3.06. The number of rotatable bonds is 5. The Morgan fingerprint density at radius 3 is 2.36 bits per heavy atom. The first-order chi connectivity index (χ1) is 13.5. The molecule has 2 aromatic carbocycles. The highest BCUT2D eigenvalue weighted by atomic mass is 16.5. The summed E-state index contributed by atoms with van der Waals surface area (Å²) in [6, 6.07) is 12.3. The number of fused-ring (bicyclic) bond motifs is 2. The Kier molecular flexibility index (Phi) is 4.63. The van der Waals surface area contributed by atoms with E-state index in [4.69, 9.17) is 9.72 Å². The van der Waals surface area contributed by atoms with Gasteiger partial charge in [0, 0.05) is 23.0 Å². The molecule has 0 aliphatic heterocycles. The van der Waals surface area contributed by atoms with Crippen molar-refractivity contribution < 1.29 is 4.74 Å². The fraction of sp³-hybridized carbons (Fsp3) is 0.318. The summed E-state index contributed by atoms with van der Waals surface area (Å²) in [5.74, 6) is 3.03. The van der Waals surface area contributed by atoms with Crippen LogP contribution in [0.5, 0.6) is 5.75 Å². The molecule has 6 nitrogen and oxygen atoms in total. The fourth-order valence-electron chi connectivity index (χ4n) is 3.52. The fourth-order valence-corrected chi connectivity index (χ4v) is 3.52. The number of nitrogens with zero attached hydrogens (tertiary/aromatic N) is 4. The summed E-state index contributed by atoms with van der Waals surface area (Å²) in [5, 5.41) is 4.34. The van der Waals surface area contributed by atoms with E-state index in [-0.39, 0.29) is 0 Å². The molecule has 0 atom stereocenters. The van der Waals surface area contributed by atoms with E-state index in [0.717, 1.165) is 45.0 Å². The predicted octanol–water partition coefficient (Wildman–Crippen LogP) is 5.44. The third kappa shape index (κ3) is 3.15. The Balaban J connectivity index is 1.85. The number of methoxy groups -OCH3 is 1. The predicted molar refractivity (Wildman–Crippen MR) is 114 cm³/mol. The first-order valence-corrected chi connectivity index (χ1v) is 9.55. The van der Waals surface area contributed by atoms with Crippen LogP contribution in [0.3, 0.4) is 0 Å². The number of nitrogens with one attached hydrogen (secondary N) is 1. The molecule has 144 valence electrons. The van der Waals surface area contributed by atoms with E-state index in [0.29, 0.717) is 12.0 Å². The SMILES string of the molecule is COc1ccc(Nc2ncnc3cc4c(cc23)nc(C(C)C)n4C(C)C)cc1. The molecule has 0 saturated carbocycles. The number of anilines is 2. The molecule has 2 aromatic heterocycles. The van der Waals surface area contributed by atoms with Crippen LogP contribution in [0.2, 0.25) is 0 Å². The van der Waals surface area contributed by atoms with Crippen molar-refractivity contribution in [2.24, 2.45) is 0 Å². The van der Waals surface area contributed by atoms with Gasteiger partial charge < -0.3 is 14.6 Å². The smallest absolute Gasteiger partial charge is 0.141 e. The van der Waals surface area contributed by atoms with Gasteiger partial charge >= 0.3 is 0 Å². The van der Waals surface area contributed by atoms with Gasteiger partial charge in [-0.05, 0) is 50.2 Å². The van der Waals surface area contributed by atoms with E-state index in [1.165, 1.54) is 0 Å². The Hall–Kier alpha value is -3.15. The number of aromatic nitrogens is 4. The molecular formula is C22H25N5O. The molecule has 0 unspecified atom stereocenters. The number of hydrogen-bond acceptors (Lipinski definition) is 5. The van der Waals surface area contributed by atoms with Crippen LogP contribution in [0.4, 0.5) is 11.5 Å². The number of benzene rings is 2. The van der Waals surface area contributed by atoms with Gasteiger partial charge in [-0.25, -0.2) is 15.0 Å². The monoisotopic (exact) mass is 375 g/mol. The van der Waals surface area contributed by atoms with Crippen LogP contribution in [-0.4, -0.2) is 26.6 Å². The number of ether oxygens (including phenoxy) is 1. The average molecular weight is 375 g/mol. The summed E-state index contributed by atoms with van der Waals surface area (Å²) in [4.78, 5) is 13.9. The van der Waals surface area contributed by atoms with Gasteiger partial charge in [-0.3, -0.25) is 0 Å². The maximum absolute atomic E-state index is 5.23. The van der Waals surface area contributed by atoms with E-state index in [1.807, 2.05) is 24.3 Å². The highest BCUT2D eigenvalue weighted by molar-refractivity contribution is 5.99. The van der Waals surface area contributed by atoms with Crippen molar-refractivity contribution in [2.75, 3.05) is 12.4 Å².